The van der Waals surface area contributed by atoms with Gasteiger partial charge in [0.15, 0.2) is 0 Å². The Morgan fingerprint density at radius 2 is 1.14 bits per heavy atom. The number of rotatable bonds is 2. The van der Waals surface area contributed by atoms with Gasteiger partial charge in [-0.25, -0.2) is 4.79 Å². The summed E-state index contributed by atoms with van der Waals surface area (Å²) in [5, 5.41) is 0. The van der Waals surface area contributed by atoms with Crippen molar-refractivity contribution in [2.24, 2.45) is 0 Å². The Bertz CT molecular complexity index is 190. The average Bonchev–Trinajstić information content (AvgIpc) is 2.03. The van der Waals surface area contributed by atoms with Gasteiger partial charge < -0.3 is 9.47 Å². The van der Waals surface area contributed by atoms with Crippen LogP contribution in [0.3, 0.4) is 0 Å². The van der Waals surface area contributed by atoms with E-state index < -0.39 is 18.1 Å². The Balaban J connectivity index is -0.000000605. The van der Waals surface area contributed by atoms with E-state index in [0.29, 0.717) is 0 Å². The van der Waals surface area contributed by atoms with Gasteiger partial charge in [-0.05, 0) is 0 Å². The van der Waals surface area contributed by atoms with Crippen LogP contribution in [0.15, 0.2) is 0 Å². The molecule has 72 valence electrons. The molecule has 0 heterocycles. The van der Waals surface area contributed by atoms with Crippen LogP contribution >= 0.6 is 25.3 Å². The van der Waals surface area contributed by atoms with Gasteiger partial charge in [-0.1, -0.05) is 0 Å². The van der Waals surface area contributed by atoms with Gasteiger partial charge in [0.2, 0.25) is 0 Å². The number of ether oxygens (including phenoxy) is 2. The summed E-state index contributed by atoms with van der Waals surface area (Å²) in [6.45, 7) is 0. The van der Waals surface area contributed by atoms with Crippen LogP contribution in [0.1, 0.15) is 0 Å². The van der Waals surface area contributed by atoms with E-state index in [4.69, 9.17) is 0 Å². The van der Waals surface area contributed by atoms with Crippen molar-refractivity contribution in [3.05, 3.63) is 0 Å². The fourth-order valence-corrected chi connectivity index (χ4v) is 0.400. The second-order valence-corrected chi connectivity index (χ2v) is 2.15. The maximum absolute atomic E-state index is 10.4. The first-order chi connectivity index (χ1) is 5.60. The number of carbonyl (C=O) groups is 3. The second kappa shape index (κ2) is 12.4. The molecular weight excluding hydrogens is 250 g/mol. The number of carbonyl (C=O) groups excluding carboxylic acids is 3. The zero-order chi connectivity index (χ0) is 9.56. The molecule has 0 saturated heterocycles. The fraction of sp³-hybridized carbons (Fsp3) is 0.400. The third-order valence-corrected chi connectivity index (χ3v) is 1.17. The van der Waals surface area contributed by atoms with Crippen LogP contribution in [-0.2, 0) is 19.1 Å². The van der Waals surface area contributed by atoms with Crippen molar-refractivity contribution in [1.29, 1.82) is 0 Å². The Morgan fingerprint density at radius 1 is 0.857 bits per heavy atom. The molecule has 0 atom stereocenters. The predicted octanol–water partition coefficient (Wildman–Crippen LogP) is -1.24. The van der Waals surface area contributed by atoms with Crippen LogP contribution in [-0.4, -0.2) is 88.7 Å². The molecule has 0 fully saturated rings. The standard InChI is InChI=1S/C5H6O5S2.2Na.2H/c6-3(1-11)9-5(8)10-4(7)2-12;;;;/h11-12H,1-2H2;;;;. The van der Waals surface area contributed by atoms with Gasteiger partial charge in [-0.3, -0.25) is 9.59 Å². The van der Waals surface area contributed by atoms with E-state index in [9.17, 15) is 14.4 Å². The molecule has 0 amide bonds. The van der Waals surface area contributed by atoms with E-state index >= 15 is 0 Å². The van der Waals surface area contributed by atoms with Crippen LogP contribution in [0.5, 0.6) is 0 Å². The zero-order valence-electron chi connectivity index (χ0n) is 5.85. The molecule has 0 aromatic heterocycles. The van der Waals surface area contributed by atoms with Crippen molar-refractivity contribution >= 4 is 102 Å². The number of esters is 2. The third-order valence-electron chi connectivity index (χ3n) is 0.653. The topological polar surface area (TPSA) is 69.7 Å². The molecule has 0 N–H and O–H groups in total. The number of thiol groups is 2. The molecule has 14 heavy (non-hydrogen) atoms. The summed E-state index contributed by atoms with van der Waals surface area (Å²) in [6.07, 6.45) is -1.35. The molecule has 0 aliphatic carbocycles. The van der Waals surface area contributed by atoms with E-state index in [1.54, 1.807) is 0 Å². The summed E-state index contributed by atoms with van der Waals surface area (Å²) >= 11 is 7.04. The van der Waals surface area contributed by atoms with Crippen molar-refractivity contribution in [3.8, 4) is 0 Å². The van der Waals surface area contributed by atoms with E-state index in [2.05, 4.69) is 34.7 Å². The molecule has 5 nitrogen and oxygen atoms in total. The Kier molecular flexibility index (Phi) is 18.3. The van der Waals surface area contributed by atoms with Gasteiger partial charge in [0.25, 0.3) is 0 Å². The van der Waals surface area contributed by atoms with Gasteiger partial charge in [0.1, 0.15) is 0 Å². The van der Waals surface area contributed by atoms with Gasteiger partial charge in [-0.15, -0.1) is 0 Å². The van der Waals surface area contributed by atoms with Crippen molar-refractivity contribution in [1.82, 2.24) is 0 Å². The van der Waals surface area contributed by atoms with Gasteiger partial charge in [0.05, 0.1) is 11.5 Å². The molecule has 0 spiro atoms. The molecule has 0 aromatic carbocycles. The first-order valence-electron chi connectivity index (χ1n) is 2.77. The summed E-state index contributed by atoms with van der Waals surface area (Å²) < 4.78 is 7.88. The molecule has 0 saturated carbocycles. The van der Waals surface area contributed by atoms with Crippen molar-refractivity contribution in [2.75, 3.05) is 11.5 Å². The average molecular weight is 258 g/mol. The van der Waals surface area contributed by atoms with Crippen LogP contribution in [0.25, 0.3) is 0 Å². The Morgan fingerprint density at radius 3 is 1.36 bits per heavy atom. The third kappa shape index (κ3) is 11.4. The first kappa shape index (κ1) is 20.7. The summed E-state index contributed by atoms with van der Waals surface area (Å²) in [6, 6.07) is 0. The molecule has 0 aliphatic heterocycles. The SMILES string of the molecule is O=C(CS)OC(=O)OC(=O)CS.[NaH].[NaH]. The monoisotopic (exact) mass is 258 g/mol. The second-order valence-electron chi connectivity index (χ2n) is 1.51. The number of hydrogen-bond acceptors (Lipinski definition) is 7. The molecule has 0 rings (SSSR count). The van der Waals surface area contributed by atoms with E-state index in [1.807, 2.05) is 0 Å². The first-order valence-corrected chi connectivity index (χ1v) is 4.03. The number of hydrogen-bond donors (Lipinski definition) is 2. The van der Waals surface area contributed by atoms with E-state index in [1.165, 1.54) is 0 Å². The Labute approximate surface area is 136 Å². The molecule has 0 aromatic rings. The van der Waals surface area contributed by atoms with Crippen molar-refractivity contribution in [3.63, 3.8) is 0 Å². The summed E-state index contributed by atoms with van der Waals surface area (Å²) in [4.78, 5) is 31.2. The van der Waals surface area contributed by atoms with Crippen LogP contribution < -0.4 is 0 Å². The van der Waals surface area contributed by atoms with Gasteiger partial charge >= 0.3 is 77.2 Å². The normalized spacial score (nSPS) is 7.57. The molecule has 0 aliphatic rings. The quantitative estimate of drug-likeness (QED) is 0.280. The van der Waals surface area contributed by atoms with Crippen molar-refractivity contribution < 1.29 is 23.9 Å². The maximum atomic E-state index is 10.4. The summed E-state index contributed by atoms with van der Waals surface area (Å²) in [5.41, 5.74) is 0. The minimum absolute atomic E-state index is 0. The Hall–Kier alpha value is 1.31. The fourth-order valence-electron chi connectivity index (χ4n) is 0.271. The molecule has 0 unspecified atom stereocenters. The minimum atomic E-state index is -1.35. The summed E-state index contributed by atoms with van der Waals surface area (Å²) in [5.74, 6) is -2.28. The van der Waals surface area contributed by atoms with Crippen molar-refractivity contribution in [2.45, 2.75) is 0 Å². The molecular formula is C5H8Na2O5S2. The van der Waals surface area contributed by atoms with Crippen LogP contribution in [0.4, 0.5) is 4.79 Å². The molecule has 0 bridgehead atoms. The molecule has 9 heteroatoms. The van der Waals surface area contributed by atoms with Gasteiger partial charge in [0, 0.05) is 0 Å². The van der Waals surface area contributed by atoms with E-state index in [0.717, 1.165) is 0 Å². The predicted molar refractivity (Wildman–Crippen MR) is 59.6 cm³/mol. The van der Waals surface area contributed by atoms with Crippen LogP contribution in [0.2, 0.25) is 0 Å². The van der Waals surface area contributed by atoms with Crippen LogP contribution in [0, 0.1) is 0 Å². The summed E-state index contributed by atoms with van der Waals surface area (Å²) in [7, 11) is 0. The van der Waals surface area contributed by atoms with E-state index in [-0.39, 0.29) is 70.6 Å². The van der Waals surface area contributed by atoms with Gasteiger partial charge in [-0.2, -0.15) is 25.3 Å². The molecule has 0 radical (unpaired) electrons. The zero-order valence-corrected chi connectivity index (χ0v) is 7.64.